The van der Waals surface area contributed by atoms with Crippen molar-refractivity contribution in [3.63, 3.8) is 0 Å². The molecule has 4 nitrogen and oxygen atoms in total. The molecule has 0 atom stereocenters. The van der Waals surface area contributed by atoms with E-state index in [1.54, 1.807) is 13.1 Å². The summed E-state index contributed by atoms with van der Waals surface area (Å²) in [6, 6.07) is 5.70. The molecule has 0 spiro atoms. The predicted octanol–water partition coefficient (Wildman–Crippen LogP) is 2.22. The van der Waals surface area contributed by atoms with Gasteiger partial charge in [0, 0.05) is 17.1 Å². The highest BCUT2D eigenvalue weighted by atomic mass is 16.5. The Hall–Kier alpha value is -2.10. The van der Waals surface area contributed by atoms with Gasteiger partial charge < -0.3 is 9.72 Å². The summed E-state index contributed by atoms with van der Waals surface area (Å²) >= 11 is 0. The first-order valence-corrected chi connectivity index (χ1v) is 5.42. The lowest BCUT2D eigenvalue weighted by Gasteiger charge is -2.00. The molecule has 1 N–H and O–H groups in total. The second kappa shape index (κ2) is 4.41. The number of esters is 1. The lowest BCUT2D eigenvalue weighted by Crippen LogP contribution is -2.17. The van der Waals surface area contributed by atoms with Crippen LogP contribution in [0.2, 0.25) is 0 Å². The van der Waals surface area contributed by atoms with E-state index in [1.807, 2.05) is 25.1 Å². The fraction of sp³-hybridized carbons (Fsp3) is 0.231. The van der Waals surface area contributed by atoms with Crippen molar-refractivity contribution < 1.29 is 14.3 Å². The molecule has 0 saturated heterocycles. The number of nitrogens with one attached hydrogen (secondary N) is 1. The highest BCUT2D eigenvalue weighted by Crippen LogP contribution is 2.20. The van der Waals surface area contributed by atoms with Crippen LogP contribution in [0.25, 0.3) is 10.9 Å². The fourth-order valence-corrected chi connectivity index (χ4v) is 1.73. The number of hydrogen-bond donors (Lipinski definition) is 1. The summed E-state index contributed by atoms with van der Waals surface area (Å²) in [5, 5.41) is 0.753. The molecule has 0 bridgehead atoms. The summed E-state index contributed by atoms with van der Waals surface area (Å²) < 4.78 is 4.70. The second-order valence-electron chi connectivity index (χ2n) is 3.80. The average molecular weight is 231 g/mol. The van der Waals surface area contributed by atoms with E-state index in [1.165, 1.54) is 0 Å². The number of aromatic nitrogens is 1. The first-order valence-electron chi connectivity index (χ1n) is 5.42. The average Bonchev–Trinajstić information content (AvgIpc) is 2.71. The maximum atomic E-state index is 11.8. The lowest BCUT2D eigenvalue weighted by atomic mass is 10.1. The fourth-order valence-electron chi connectivity index (χ4n) is 1.73. The van der Waals surface area contributed by atoms with Gasteiger partial charge in [-0.2, -0.15) is 0 Å². The third-order valence-corrected chi connectivity index (χ3v) is 2.54. The number of H-pyrrole nitrogens is 1. The molecule has 0 unspecified atom stereocenters. The van der Waals surface area contributed by atoms with Crippen LogP contribution in [-0.4, -0.2) is 23.3 Å². The van der Waals surface area contributed by atoms with E-state index in [0.717, 1.165) is 16.5 Å². The van der Waals surface area contributed by atoms with E-state index < -0.39 is 11.8 Å². The van der Waals surface area contributed by atoms with E-state index >= 15 is 0 Å². The number of ketones is 1. The zero-order valence-electron chi connectivity index (χ0n) is 9.74. The predicted molar refractivity (Wildman–Crippen MR) is 64.0 cm³/mol. The van der Waals surface area contributed by atoms with Crippen molar-refractivity contribution in [1.82, 2.24) is 4.98 Å². The molecule has 0 aliphatic carbocycles. The van der Waals surface area contributed by atoms with Gasteiger partial charge in [0.15, 0.2) is 0 Å². The summed E-state index contributed by atoms with van der Waals surface area (Å²) in [5.41, 5.74) is 2.24. The third kappa shape index (κ3) is 2.06. The number of aryl methyl sites for hydroxylation is 1. The number of rotatable bonds is 3. The minimum atomic E-state index is -0.810. The van der Waals surface area contributed by atoms with Gasteiger partial charge >= 0.3 is 5.97 Å². The Morgan fingerprint density at radius 3 is 2.82 bits per heavy atom. The minimum Gasteiger partial charge on any atom is -0.460 e. The number of fused-ring (bicyclic) bond motifs is 1. The van der Waals surface area contributed by atoms with Gasteiger partial charge in [0.25, 0.3) is 5.78 Å². The van der Waals surface area contributed by atoms with Crippen molar-refractivity contribution in [1.29, 1.82) is 0 Å². The van der Waals surface area contributed by atoms with Gasteiger partial charge in [-0.3, -0.25) is 4.79 Å². The van der Waals surface area contributed by atoms with Crippen LogP contribution >= 0.6 is 0 Å². The number of carbonyl (C=O) groups is 2. The SMILES string of the molecule is CCOC(=O)C(=O)c1c[nH]c2ccc(C)cc12. The van der Waals surface area contributed by atoms with Crippen LogP contribution in [0.15, 0.2) is 24.4 Å². The van der Waals surface area contributed by atoms with E-state index in [-0.39, 0.29) is 6.61 Å². The van der Waals surface area contributed by atoms with Crippen LogP contribution in [0, 0.1) is 6.92 Å². The van der Waals surface area contributed by atoms with Crippen LogP contribution in [0.3, 0.4) is 0 Å². The van der Waals surface area contributed by atoms with Crippen molar-refractivity contribution in [3.8, 4) is 0 Å². The van der Waals surface area contributed by atoms with Gasteiger partial charge in [0.05, 0.1) is 12.2 Å². The molecule has 1 aromatic carbocycles. The first-order chi connectivity index (χ1) is 8.13. The standard InChI is InChI=1S/C13H13NO3/c1-3-17-13(16)12(15)10-7-14-11-5-4-8(2)6-9(10)11/h4-7,14H,3H2,1-2H3. The normalized spacial score (nSPS) is 10.5. The molecule has 2 aromatic rings. The van der Waals surface area contributed by atoms with Crippen LogP contribution in [0.4, 0.5) is 0 Å². The van der Waals surface area contributed by atoms with Gasteiger partial charge in [0.2, 0.25) is 0 Å². The Morgan fingerprint density at radius 2 is 2.12 bits per heavy atom. The molecule has 0 amide bonds. The highest BCUT2D eigenvalue weighted by molar-refractivity contribution is 6.42. The van der Waals surface area contributed by atoms with Crippen LogP contribution in [0.1, 0.15) is 22.8 Å². The number of benzene rings is 1. The number of aromatic amines is 1. The molecule has 0 saturated carbocycles. The number of hydrogen-bond acceptors (Lipinski definition) is 3. The maximum Gasteiger partial charge on any atom is 0.379 e. The monoisotopic (exact) mass is 231 g/mol. The van der Waals surface area contributed by atoms with Crippen molar-refractivity contribution in [2.24, 2.45) is 0 Å². The number of carbonyl (C=O) groups excluding carboxylic acids is 2. The molecule has 0 radical (unpaired) electrons. The molecule has 2 rings (SSSR count). The molecule has 1 heterocycles. The smallest absolute Gasteiger partial charge is 0.379 e. The highest BCUT2D eigenvalue weighted by Gasteiger charge is 2.20. The molecule has 4 heteroatoms. The number of ether oxygens (including phenoxy) is 1. The molecule has 17 heavy (non-hydrogen) atoms. The molecule has 1 aromatic heterocycles. The van der Waals surface area contributed by atoms with Gasteiger partial charge in [0.1, 0.15) is 0 Å². The largest absolute Gasteiger partial charge is 0.460 e. The Labute approximate surface area is 98.6 Å². The molecular weight excluding hydrogens is 218 g/mol. The Kier molecular flexibility index (Phi) is 2.95. The van der Waals surface area contributed by atoms with Gasteiger partial charge in [-0.25, -0.2) is 4.79 Å². The maximum absolute atomic E-state index is 11.8. The summed E-state index contributed by atoms with van der Waals surface area (Å²) in [6.07, 6.45) is 1.54. The Balaban J connectivity index is 2.45. The first kappa shape index (κ1) is 11.4. The van der Waals surface area contributed by atoms with E-state index in [9.17, 15) is 9.59 Å². The topological polar surface area (TPSA) is 59.2 Å². The van der Waals surface area contributed by atoms with Crippen LogP contribution < -0.4 is 0 Å². The van der Waals surface area contributed by atoms with E-state index in [0.29, 0.717) is 5.56 Å². The van der Waals surface area contributed by atoms with E-state index in [2.05, 4.69) is 4.98 Å². The molecule has 88 valence electrons. The zero-order valence-corrected chi connectivity index (χ0v) is 9.74. The van der Waals surface area contributed by atoms with Gasteiger partial charge in [-0.1, -0.05) is 11.6 Å². The molecule has 0 fully saturated rings. The number of Topliss-reactive ketones (excluding diaryl/α,β-unsaturated/α-hetero) is 1. The van der Waals surface area contributed by atoms with Crippen LogP contribution in [0.5, 0.6) is 0 Å². The van der Waals surface area contributed by atoms with Gasteiger partial charge in [-0.05, 0) is 26.0 Å². The van der Waals surface area contributed by atoms with Crippen molar-refractivity contribution in [3.05, 3.63) is 35.5 Å². The Bertz CT molecular complexity index is 583. The molecule has 0 aliphatic rings. The Morgan fingerprint density at radius 1 is 1.35 bits per heavy atom. The summed E-state index contributed by atoms with van der Waals surface area (Å²) in [4.78, 5) is 26.2. The van der Waals surface area contributed by atoms with Crippen molar-refractivity contribution in [2.75, 3.05) is 6.61 Å². The summed E-state index contributed by atoms with van der Waals surface area (Å²) in [6.45, 7) is 3.81. The quantitative estimate of drug-likeness (QED) is 0.500. The second-order valence-corrected chi connectivity index (χ2v) is 3.80. The van der Waals surface area contributed by atoms with Crippen molar-refractivity contribution in [2.45, 2.75) is 13.8 Å². The lowest BCUT2D eigenvalue weighted by molar-refractivity contribution is -0.137. The van der Waals surface area contributed by atoms with Crippen molar-refractivity contribution >= 4 is 22.7 Å². The summed E-state index contributed by atoms with van der Waals surface area (Å²) in [7, 11) is 0. The van der Waals surface area contributed by atoms with E-state index in [4.69, 9.17) is 4.74 Å². The third-order valence-electron chi connectivity index (χ3n) is 2.54. The molecule has 0 aliphatic heterocycles. The van der Waals surface area contributed by atoms with Gasteiger partial charge in [-0.15, -0.1) is 0 Å². The zero-order chi connectivity index (χ0) is 12.4. The minimum absolute atomic E-state index is 0.200. The summed E-state index contributed by atoms with van der Waals surface area (Å²) in [5.74, 6) is -1.42. The van der Waals surface area contributed by atoms with Crippen LogP contribution in [-0.2, 0) is 9.53 Å². The molecular formula is C13H13NO3.